The molecule has 0 amide bonds. The fourth-order valence-corrected chi connectivity index (χ4v) is 2.70. The monoisotopic (exact) mass is 270 g/mol. The van der Waals surface area contributed by atoms with E-state index in [9.17, 15) is 10.2 Å². The Balaban J connectivity index is 2.80. The van der Waals surface area contributed by atoms with Crippen LogP contribution in [0.4, 0.5) is 0 Å². The first-order chi connectivity index (χ1) is 9.49. The van der Waals surface area contributed by atoms with Crippen molar-refractivity contribution in [1.82, 2.24) is 0 Å². The lowest BCUT2D eigenvalue weighted by Gasteiger charge is -2.19. The van der Waals surface area contributed by atoms with Gasteiger partial charge in [0, 0.05) is 11.1 Å². The largest absolute Gasteiger partial charge is 0.507 e. The molecule has 106 valence electrons. The van der Waals surface area contributed by atoms with E-state index in [1.54, 1.807) is 0 Å². The van der Waals surface area contributed by atoms with Crippen LogP contribution in [-0.2, 0) is 6.42 Å². The summed E-state index contributed by atoms with van der Waals surface area (Å²) >= 11 is 0. The summed E-state index contributed by atoms with van der Waals surface area (Å²) in [4.78, 5) is 0. The molecule has 2 aromatic rings. The first-order valence-electron chi connectivity index (χ1n) is 7.09. The fraction of sp³-hybridized carbons (Fsp3) is 0.333. The van der Waals surface area contributed by atoms with Crippen molar-refractivity contribution in [1.29, 1.82) is 0 Å². The van der Waals surface area contributed by atoms with Crippen LogP contribution in [0.5, 0.6) is 11.5 Å². The molecule has 0 aliphatic carbocycles. The van der Waals surface area contributed by atoms with E-state index in [2.05, 4.69) is 0 Å². The van der Waals surface area contributed by atoms with Crippen LogP contribution in [0.2, 0.25) is 0 Å². The van der Waals surface area contributed by atoms with E-state index in [4.69, 9.17) is 0 Å². The summed E-state index contributed by atoms with van der Waals surface area (Å²) in [6.45, 7) is 7.94. The van der Waals surface area contributed by atoms with Gasteiger partial charge in [-0.05, 0) is 49.4 Å². The molecule has 0 aromatic heterocycles. The van der Waals surface area contributed by atoms with E-state index in [1.807, 2.05) is 52.0 Å². The molecule has 0 atom stereocenters. The van der Waals surface area contributed by atoms with Crippen LogP contribution < -0.4 is 0 Å². The minimum absolute atomic E-state index is 0.224. The summed E-state index contributed by atoms with van der Waals surface area (Å²) in [5.74, 6) is 0.459. The number of rotatable bonds is 3. The zero-order chi connectivity index (χ0) is 14.9. The molecule has 2 aromatic carbocycles. The highest BCUT2D eigenvalue weighted by Crippen LogP contribution is 2.44. The van der Waals surface area contributed by atoms with Crippen LogP contribution in [0, 0.1) is 20.8 Å². The number of phenols is 2. The summed E-state index contributed by atoms with van der Waals surface area (Å²) in [5.41, 5.74) is 5.45. The number of hydrogen-bond acceptors (Lipinski definition) is 2. The average molecular weight is 270 g/mol. The van der Waals surface area contributed by atoms with Gasteiger partial charge in [-0.15, -0.1) is 0 Å². The molecule has 0 saturated carbocycles. The van der Waals surface area contributed by atoms with Crippen molar-refractivity contribution in [2.24, 2.45) is 0 Å². The van der Waals surface area contributed by atoms with Gasteiger partial charge in [0.15, 0.2) is 0 Å². The topological polar surface area (TPSA) is 40.5 Å². The highest BCUT2D eigenvalue weighted by Gasteiger charge is 2.20. The Morgan fingerprint density at radius 3 is 2.15 bits per heavy atom. The molecular formula is C18H22O2. The Hall–Kier alpha value is -1.96. The van der Waals surface area contributed by atoms with Gasteiger partial charge in [0.25, 0.3) is 0 Å². The van der Waals surface area contributed by atoms with E-state index in [0.717, 1.165) is 34.2 Å². The molecule has 0 bridgehead atoms. The van der Waals surface area contributed by atoms with Gasteiger partial charge in [0.05, 0.1) is 0 Å². The maximum Gasteiger partial charge on any atom is 0.130 e. The van der Waals surface area contributed by atoms with Crippen LogP contribution in [0.25, 0.3) is 11.1 Å². The van der Waals surface area contributed by atoms with Crippen LogP contribution in [-0.4, -0.2) is 10.2 Å². The molecule has 2 heteroatoms. The first kappa shape index (κ1) is 14.4. The quantitative estimate of drug-likeness (QED) is 0.852. The van der Waals surface area contributed by atoms with Gasteiger partial charge in [-0.2, -0.15) is 0 Å². The molecule has 2 nitrogen and oxygen atoms in total. The average Bonchev–Trinajstić information content (AvgIpc) is 2.43. The van der Waals surface area contributed by atoms with Crippen molar-refractivity contribution in [2.75, 3.05) is 0 Å². The molecule has 0 aliphatic rings. The molecule has 2 N–H and O–H groups in total. The minimum Gasteiger partial charge on any atom is -0.507 e. The first-order valence-corrected chi connectivity index (χ1v) is 7.09. The molecule has 0 unspecified atom stereocenters. The zero-order valence-electron chi connectivity index (χ0n) is 12.6. The molecule has 0 aliphatic heterocycles. The van der Waals surface area contributed by atoms with E-state index >= 15 is 0 Å². The number of phenolic OH excluding ortho intramolecular Hbond substituents is 2. The molecule has 0 heterocycles. The van der Waals surface area contributed by atoms with Gasteiger partial charge in [-0.1, -0.05) is 37.6 Å². The molecule has 0 spiro atoms. The second-order valence-corrected chi connectivity index (χ2v) is 5.37. The Labute approximate surface area is 120 Å². The maximum absolute atomic E-state index is 10.6. The predicted molar refractivity (Wildman–Crippen MR) is 83.4 cm³/mol. The Morgan fingerprint density at radius 2 is 1.55 bits per heavy atom. The highest BCUT2D eigenvalue weighted by atomic mass is 16.3. The summed E-state index contributed by atoms with van der Waals surface area (Å²) in [6.07, 6.45) is 1.56. The van der Waals surface area contributed by atoms with Crippen LogP contribution >= 0.6 is 0 Å². The maximum atomic E-state index is 10.6. The Kier molecular flexibility index (Phi) is 4.03. The normalized spacial score (nSPS) is 10.8. The molecule has 0 saturated heterocycles. The number of aryl methyl sites for hydroxylation is 1. The van der Waals surface area contributed by atoms with E-state index in [1.165, 1.54) is 0 Å². The second kappa shape index (κ2) is 5.58. The van der Waals surface area contributed by atoms with Gasteiger partial charge >= 0.3 is 0 Å². The van der Waals surface area contributed by atoms with Crippen molar-refractivity contribution >= 4 is 0 Å². The van der Waals surface area contributed by atoms with Gasteiger partial charge < -0.3 is 10.2 Å². The molecule has 0 radical (unpaired) electrons. The summed E-state index contributed by atoms with van der Waals surface area (Å²) in [5, 5.41) is 20.9. The third kappa shape index (κ3) is 2.26. The number of benzene rings is 2. The third-order valence-corrected chi connectivity index (χ3v) is 4.02. The van der Waals surface area contributed by atoms with Gasteiger partial charge in [0.2, 0.25) is 0 Å². The van der Waals surface area contributed by atoms with Crippen LogP contribution in [0.15, 0.2) is 24.3 Å². The van der Waals surface area contributed by atoms with E-state index < -0.39 is 0 Å². The van der Waals surface area contributed by atoms with Crippen LogP contribution in [0.3, 0.4) is 0 Å². The predicted octanol–water partition coefficient (Wildman–Crippen LogP) is 4.64. The SMILES string of the molecule is CCCc1c(O)c(C)c(C)c(-c2ccccc2C)c1O. The van der Waals surface area contributed by atoms with Crippen molar-refractivity contribution in [3.63, 3.8) is 0 Å². The van der Waals surface area contributed by atoms with Crippen LogP contribution in [0.1, 0.15) is 35.6 Å². The zero-order valence-corrected chi connectivity index (χ0v) is 12.6. The highest BCUT2D eigenvalue weighted by molar-refractivity contribution is 5.80. The number of hydrogen-bond donors (Lipinski definition) is 2. The van der Waals surface area contributed by atoms with E-state index in [0.29, 0.717) is 12.0 Å². The van der Waals surface area contributed by atoms with Gasteiger partial charge in [0.1, 0.15) is 11.5 Å². The smallest absolute Gasteiger partial charge is 0.130 e. The molecule has 20 heavy (non-hydrogen) atoms. The molecule has 0 fully saturated rings. The summed E-state index contributed by atoms with van der Waals surface area (Å²) in [6, 6.07) is 8.02. The summed E-state index contributed by atoms with van der Waals surface area (Å²) < 4.78 is 0. The standard InChI is InChI=1S/C18H22O2/c1-5-8-15-17(19)13(4)12(3)16(18(15)20)14-10-7-6-9-11(14)2/h6-7,9-10,19-20H,5,8H2,1-4H3. The van der Waals surface area contributed by atoms with Gasteiger partial charge in [-0.3, -0.25) is 0 Å². The number of aromatic hydroxyl groups is 2. The third-order valence-electron chi connectivity index (χ3n) is 4.02. The van der Waals surface area contributed by atoms with Crippen molar-refractivity contribution in [3.05, 3.63) is 46.5 Å². The second-order valence-electron chi connectivity index (χ2n) is 5.37. The Bertz CT molecular complexity index is 642. The Morgan fingerprint density at radius 1 is 0.900 bits per heavy atom. The molecule has 2 rings (SSSR count). The van der Waals surface area contributed by atoms with E-state index in [-0.39, 0.29) is 11.5 Å². The lowest BCUT2D eigenvalue weighted by molar-refractivity contribution is 0.435. The summed E-state index contributed by atoms with van der Waals surface area (Å²) in [7, 11) is 0. The van der Waals surface area contributed by atoms with Crippen molar-refractivity contribution in [2.45, 2.75) is 40.5 Å². The minimum atomic E-state index is 0.224. The van der Waals surface area contributed by atoms with Crippen molar-refractivity contribution < 1.29 is 10.2 Å². The van der Waals surface area contributed by atoms with Gasteiger partial charge in [-0.25, -0.2) is 0 Å². The van der Waals surface area contributed by atoms with Crippen molar-refractivity contribution in [3.8, 4) is 22.6 Å². The fourth-order valence-electron chi connectivity index (χ4n) is 2.70. The lowest BCUT2D eigenvalue weighted by atomic mass is 9.89. The molecular weight excluding hydrogens is 248 g/mol. The lowest BCUT2D eigenvalue weighted by Crippen LogP contribution is -1.97.